The summed E-state index contributed by atoms with van der Waals surface area (Å²) in [6, 6.07) is 11.1. The first-order valence-corrected chi connectivity index (χ1v) is 5.14. The van der Waals surface area contributed by atoms with Crippen LogP contribution in [0.4, 0.5) is 5.69 Å². The fourth-order valence-corrected chi connectivity index (χ4v) is 1.75. The van der Waals surface area contributed by atoms with Crippen LogP contribution in [0.3, 0.4) is 0 Å². The van der Waals surface area contributed by atoms with Crippen LogP contribution in [0.15, 0.2) is 41.2 Å². The minimum Gasteiger partial charge on any atom is -0.399 e. The maximum absolute atomic E-state index is 11.8. The summed E-state index contributed by atoms with van der Waals surface area (Å²) >= 11 is 0. The largest absolute Gasteiger partial charge is 0.399 e. The van der Waals surface area contributed by atoms with Crippen LogP contribution in [0.5, 0.6) is 0 Å². The van der Waals surface area contributed by atoms with Crippen molar-refractivity contribution in [3.8, 4) is 5.69 Å². The Morgan fingerprint density at radius 3 is 2.25 bits per heavy atom. The average molecular weight is 214 g/mol. The topological polar surface area (TPSA) is 48.0 Å². The van der Waals surface area contributed by atoms with Crippen LogP contribution >= 0.6 is 0 Å². The quantitative estimate of drug-likeness (QED) is 0.789. The number of pyridine rings is 1. The first-order valence-electron chi connectivity index (χ1n) is 5.14. The summed E-state index contributed by atoms with van der Waals surface area (Å²) in [6.07, 6.45) is 0. The lowest BCUT2D eigenvalue weighted by molar-refractivity contribution is 0.936. The summed E-state index contributed by atoms with van der Waals surface area (Å²) in [6.45, 7) is 3.89. The highest BCUT2D eigenvalue weighted by Gasteiger charge is 2.03. The van der Waals surface area contributed by atoms with Crippen LogP contribution in [0.2, 0.25) is 0 Å². The Hall–Kier alpha value is -2.03. The Bertz CT molecular complexity index is 567. The minimum absolute atomic E-state index is 0.0960. The van der Waals surface area contributed by atoms with Crippen LogP contribution < -0.4 is 11.3 Å². The van der Waals surface area contributed by atoms with Crippen molar-refractivity contribution in [1.82, 2.24) is 4.57 Å². The molecule has 2 aromatic rings. The molecule has 1 heterocycles. The van der Waals surface area contributed by atoms with E-state index in [1.165, 1.54) is 11.6 Å². The van der Waals surface area contributed by atoms with E-state index in [4.69, 9.17) is 5.73 Å². The molecule has 0 saturated heterocycles. The van der Waals surface area contributed by atoms with E-state index in [0.29, 0.717) is 5.69 Å². The Labute approximate surface area is 94.1 Å². The second kappa shape index (κ2) is 3.85. The van der Waals surface area contributed by atoms with Crippen molar-refractivity contribution in [1.29, 1.82) is 0 Å². The summed E-state index contributed by atoms with van der Waals surface area (Å²) in [5, 5.41) is 0. The van der Waals surface area contributed by atoms with E-state index < -0.39 is 0 Å². The summed E-state index contributed by atoms with van der Waals surface area (Å²) in [7, 11) is 0. The maximum atomic E-state index is 11.8. The zero-order chi connectivity index (χ0) is 11.7. The van der Waals surface area contributed by atoms with Gasteiger partial charge in [0, 0.05) is 23.1 Å². The number of nitrogens with zero attached hydrogens (tertiary/aromatic N) is 1. The van der Waals surface area contributed by atoms with Gasteiger partial charge in [0.2, 0.25) is 0 Å². The molecule has 0 spiro atoms. The second-order valence-corrected chi connectivity index (χ2v) is 3.94. The summed E-state index contributed by atoms with van der Waals surface area (Å²) < 4.78 is 1.65. The Morgan fingerprint density at radius 1 is 1.06 bits per heavy atom. The van der Waals surface area contributed by atoms with E-state index >= 15 is 0 Å². The van der Waals surface area contributed by atoms with Gasteiger partial charge in [-0.1, -0.05) is 17.7 Å². The third kappa shape index (κ3) is 1.84. The second-order valence-electron chi connectivity index (χ2n) is 3.94. The lowest BCUT2D eigenvalue weighted by Gasteiger charge is -2.10. The lowest BCUT2D eigenvalue weighted by Crippen LogP contribution is -2.20. The molecular weight excluding hydrogens is 200 g/mol. The molecule has 0 bridgehead atoms. The van der Waals surface area contributed by atoms with Gasteiger partial charge in [-0.25, -0.2) is 0 Å². The van der Waals surface area contributed by atoms with Crippen molar-refractivity contribution in [2.75, 3.05) is 5.73 Å². The molecule has 3 nitrogen and oxygen atoms in total. The number of benzene rings is 1. The molecule has 3 heteroatoms. The molecule has 1 aromatic carbocycles. The van der Waals surface area contributed by atoms with Gasteiger partial charge in [0.05, 0.1) is 0 Å². The molecule has 2 rings (SSSR count). The van der Waals surface area contributed by atoms with E-state index in [1.807, 2.05) is 38.1 Å². The van der Waals surface area contributed by atoms with Crippen LogP contribution in [0.1, 0.15) is 11.3 Å². The van der Waals surface area contributed by atoms with Gasteiger partial charge in [0.1, 0.15) is 0 Å². The van der Waals surface area contributed by atoms with Gasteiger partial charge in [0.25, 0.3) is 5.56 Å². The number of hydrogen-bond donors (Lipinski definition) is 1. The summed E-state index contributed by atoms with van der Waals surface area (Å²) in [4.78, 5) is 11.8. The van der Waals surface area contributed by atoms with Crippen molar-refractivity contribution in [3.63, 3.8) is 0 Å². The van der Waals surface area contributed by atoms with E-state index in [9.17, 15) is 4.79 Å². The van der Waals surface area contributed by atoms with Crippen molar-refractivity contribution in [2.45, 2.75) is 13.8 Å². The van der Waals surface area contributed by atoms with Crippen molar-refractivity contribution in [2.24, 2.45) is 0 Å². The van der Waals surface area contributed by atoms with E-state index in [2.05, 4.69) is 0 Å². The fraction of sp³-hybridized carbons (Fsp3) is 0.154. The van der Waals surface area contributed by atoms with Gasteiger partial charge >= 0.3 is 0 Å². The molecule has 0 aliphatic rings. The summed E-state index contributed by atoms with van der Waals surface area (Å²) in [5.74, 6) is 0. The fourth-order valence-electron chi connectivity index (χ4n) is 1.75. The normalized spacial score (nSPS) is 10.4. The maximum Gasteiger partial charge on any atom is 0.257 e. The van der Waals surface area contributed by atoms with Crippen LogP contribution in [0.25, 0.3) is 5.69 Å². The average Bonchev–Trinajstić information content (AvgIpc) is 2.19. The number of anilines is 1. The molecule has 0 unspecified atom stereocenters. The van der Waals surface area contributed by atoms with Crippen molar-refractivity contribution in [3.05, 3.63) is 58.0 Å². The molecule has 0 saturated carbocycles. The highest BCUT2D eigenvalue weighted by Crippen LogP contribution is 2.11. The van der Waals surface area contributed by atoms with Gasteiger partial charge in [0.15, 0.2) is 0 Å². The highest BCUT2D eigenvalue weighted by molar-refractivity contribution is 5.43. The smallest absolute Gasteiger partial charge is 0.257 e. The molecule has 0 aliphatic carbocycles. The third-order valence-electron chi connectivity index (χ3n) is 2.53. The number of aryl methyl sites for hydroxylation is 2. The molecule has 0 fully saturated rings. The van der Waals surface area contributed by atoms with Crippen molar-refractivity contribution >= 4 is 5.69 Å². The zero-order valence-electron chi connectivity index (χ0n) is 9.40. The van der Waals surface area contributed by atoms with Gasteiger partial charge in [-0.15, -0.1) is 0 Å². The first kappa shape index (κ1) is 10.5. The number of rotatable bonds is 1. The first-order chi connectivity index (χ1) is 7.58. The monoisotopic (exact) mass is 214 g/mol. The van der Waals surface area contributed by atoms with E-state index in [-0.39, 0.29) is 5.56 Å². The molecule has 1 aromatic heterocycles. The van der Waals surface area contributed by atoms with Crippen molar-refractivity contribution < 1.29 is 0 Å². The Kier molecular flexibility index (Phi) is 2.52. The van der Waals surface area contributed by atoms with Crippen LogP contribution in [-0.4, -0.2) is 4.57 Å². The minimum atomic E-state index is -0.0960. The van der Waals surface area contributed by atoms with E-state index in [1.54, 1.807) is 10.6 Å². The molecule has 0 atom stereocenters. The number of nitrogen functional groups attached to an aromatic ring is 1. The number of aromatic nitrogens is 1. The van der Waals surface area contributed by atoms with Gasteiger partial charge in [-0.2, -0.15) is 0 Å². The highest BCUT2D eigenvalue weighted by atomic mass is 16.1. The predicted molar refractivity (Wildman–Crippen MR) is 65.9 cm³/mol. The van der Waals surface area contributed by atoms with E-state index in [0.717, 1.165) is 11.4 Å². The predicted octanol–water partition coefficient (Wildman–Crippen LogP) is 2.04. The molecule has 0 amide bonds. The molecule has 0 radical (unpaired) electrons. The molecule has 0 aliphatic heterocycles. The lowest BCUT2D eigenvalue weighted by atomic mass is 10.2. The third-order valence-corrected chi connectivity index (χ3v) is 2.53. The van der Waals surface area contributed by atoms with Crippen LogP contribution in [0, 0.1) is 13.8 Å². The molecule has 16 heavy (non-hydrogen) atoms. The molecule has 82 valence electrons. The number of hydrogen-bond acceptors (Lipinski definition) is 2. The standard InChI is InChI=1S/C13H14N2O/c1-9-3-5-12(6-4-9)15-10(2)7-11(14)8-13(15)16/h3-8H,14H2,1-2H3. The summed E-state index contributed by atoms with van der Waals surface area (Å²) in [5.41, 5.74) is 8.91. The SMILES string of the molecule is Cc1ccc(-n2c(C)cc(N)cc2=O)cc1. The van der Waals surface area contributed by atoms with Gasteiger partial charge < -0.3 is 5.73 Å². The van der Waals surface area contributed by atoms with Crippen LogP contribution in [-0.2, 0) is 0 Å². The van der Waals surface area contributed by atoms with Gasteiger partial charge in [-0.3, -0.25) is 9.36 Å². The zero-order valence-corrected chi connectivity index (χ0v) is 9.40. The Balaban J connectivity index is 2.65. The Morgan fingerprint density at radius 2 is 1.69 bits per heavy atom. The number of nitrogens with two attached hydrogens (primary N) is 1. The molecule has 2 N–H and O–H groups in total. The van der Waals surface area contributed by atoms with Gasteiger partial charge in [-0.05, 0) is 32.0 Å². The molecular formula is C13H14N2O.